The summed E-state index contributed by atoms with van der Waals surface area (Å²) in [4.78, 5) is 11.0. The number of aryl methyl sites for hydroxylation is 1. The number of aromatic nitrogens is 3. The molecule has 1 aliphatic carbocycles. The summed E-state index contributed by atoms with van der Waals surface area (Å²) in [6, 6.07) is 0. The smallest absolute Gasteiger partial charge is 0.284 e. The van der Waals surface area contributed by atoms with Crippen LogP contribution in [0.25, 0.3) is 0 Å². The van der Waals surface area contributed by atoms with Gasteiger partial charge in [0.1, 0.15) is 11.6 Å². The molecule has 1 heterocycles. The fourth-order valence-corrected chi connectivity index (χ4v) is 2.77. The van der Waals surface area contributed by atoms with E-state index in [9.17, 15) is 13.0 Å². The van der Waals surface area contributed by atoms with Gasteiger partial charge in [-0.3, -0.25) is 9.56 Å². The highest BCUT2D eigenvalue weighted by Gasteiger charge is 2.59. The first-order valence-electron chi connectivity index (χ1n) is 6.22. The number of hydrogen-bond donors (Lipinski definition) is 2. The van der Waals surface area contributed by atoms with Gasteiger partial charge in [-0.2, -0.15) is 18.4 Å². The Labute approximate surface area is 118 Å². The fraction of sp³-hybridized carbons (Fsp3) is 0.727. The van der Waals surface area contributed by atoms with Crippen molar-refractivity contribution in [3.63, 3.8) is 0 Å². The summed E-state index contributed by atoms with van der Waals surface area (Å²) in [6.45, 7) is 7.48. The van der Waals surface area contributed by atoms with E-state index < -0.39 is 15.0 Å². The molecule has 1 saturated carbocycles. The third kappa shape index (κ3) is 2.48. The van der Waals surface area contributed by atoms with Gasteiger partial charge in [-0.1, -0.05) is 20.8 Å². The first-order chi connectivity index (χ1) is 8.97. The molecule has 0 amide bonds. The summed E-state index contributed by atoms with van der Waals surface area (Å²) in [5.41, 5.74) is -0.321. The van der Waals surface area contributed by atoms with Crippen LogP contribution in [0.2, 0.25) is 0 Å². The summed E-state index contributed by atoms with van der Waals surface area (Å²) >= 11 is 0. The van der Waals surface area contributed by atoms with Crippen LogP contribution in [0.1, 0.15) is 45.3 Å². The lowest BCUT2D eigenvalue weighted by Gasteiger charge is -2.26. The Hall–Kier alpha value is -1.32. The molecular weight excluding hydrogens is 282 g/mol. The summed E-state index contributed by atoms with van der Waals surface area (Å²) in [7, 11) is -4.30. The van der Waals surface area contributed by atoms with E-state index in [0.717, 1.165) is 5.01 Å². The Balaban J connectivity index is 2.47. The maximum absolute atomic E-state index is 11.5. The van der Waals surface area contributed by atoms with Gasteiger partial charge in [-0.15, -0.1) is 0 Å². The van der Waals surface area contributed by atoms with E-state index in [1.165, 1.54) is 0 Å². The van der Waals surface area contributed by atoms with Gasteiger partial charge in [0, 0.05) is 5.41 Å². The van der Waals surface area contributed by atoms with E-state index >= 15 is 0 Å². The van der Waals surface area contributed by atoms with Crippen molar-refractivity contribution < 1.29 is 13.0 Å². The fourth-order valence-electron chi connectivity index (χ4n) is 1.82. The van der Waals surface area contributed by atoms with Gasteiger partial charge in [0.25, 0.3) is 10.1 Å². The number of rotatable bonds is 3. The molecule has 0 saturated heterocycles. The standard InChI is InChI=1S/C11H19N5O3S/c1-7-13-8(10(2,3)4)15-9(14-7)16(12)11(5-6-11)20(17,18)19/h5-6,12H2,1-4H3,(H,17,18,19). The largest absolute Gasteiger partial charge is 0.290 e. The van der Waals surface area contributed by atoms with Crippen LogP contribution in [0.15, 0.2) is 0 Å². The average Bonchev–Trinajstić information content (AvgIpc) is 3.06. The number of hydrazine groups is 1. The maximum Gasteiger partial charge on any atom is 0.290 e. The average molecular weight is 301 g/mol. The molecule has 0 bridgehead atoms. The van der Waals surface area contributed by atoms with Gasteiger partial charge in [0.15, 0.2) is 4.87 Å². The second kappa shape index (κ2) is 4.34. The molecule has 0 radical (unpaired) electrons. The lowest BCUT2D eigenvalue weighted by Crippen LogP contribution is -2.49. The Bertz CT molecular complexity index is 634. The van der Waals surface area contributed by atoms with Crippen molar-refractivity contribution in [1.82, 2.24) is 15.0 Å². The van der Waals surface area contributed by atoms with E-state index in [2.05, 4.69) is 15.0 Å². The Morgan fingerprint density at radius 2 is 1.80 bits per heavy atom. The molecule has 0 atom stereocenters. The Morgan fingerprint density at radius 1 is 1.25 bits per heavy atom. The monoisotopic (exact) mass is 301 g/mol. The minimum atomic E-state index is -4.30. The SMILES string of the molecule is Cc1nc(N(N)C2(S(=O)(=O)O)CC2)nc(C(C)(C)C)n1. The number of hydrogen-bond acceptors (Lipinski definition) is 7. The van der Waals surface area contributed by atoms with Crippen LogP contribution in [0, 0.1) is 6.92 Å². The lowest BCUT2D eigenvalue weighted by molar-refractivity contribution is 0.457. The van der Waals surface area contributed by atoms with Crippen molar-refractivity contribution in [2.24, 2.45) is 5.84 Å². The third-order valence-corrected chi connectivity index (χ3v) is 4.78. The van der Waals surface area contributed by atoms with Crippen molar-refractivity contribution in [2.75, 3.05) is 5.01 Å². The molecular formula is C11H19N5O3S. The van der Waals surface area contributed by atoms with Crippen LogP contribution in [0.5, 0.6) is 0 Å². The molecule has 1 aromatic heterocycles. The van der Waals surface area contributed by atoms with Gasteiger partial charge < -0.3 is 0 Å². The third-order valence-electron chi connectivity index (χ3n) is 3.22. The van der Waals surface area contributed by atoms with E-state index in [4.69, 9.17) is 5.84 Å². The van der Waals surface area contributed by atoms with Crippen LogP contribution in [0.4, 0.5) is 5.95 Å². The summed E-state index contributed by atoms with van der Waals surface area (Å²) in [5.74, 6) is 6.86. The highest BCUT2D eigenvalue weighted by Crippen LogP contribution is 2.45. The molecule has 0 aliphatic heterocycles. The number of anilines is 1. The molecule has 1 fully saturated rings. The van der Waals surface area contributed by atoms with Gasteiger partial charge in [-0.25, -0.2) is 10.8 Å². The van der Waals surface area contributed by atoms with Crippen LogP contribution in [0.3, 0.4) is 0 Å². The van der Waals surface area contributed by atoms with Crippen LogP contribution in [-0.2, 0) is 15.5 Å². The van der Waals surface area contributed by atoms with Crippen molar-refractivity contribution in [1.29, 1.82) is 0 Å². The predicted octanol–water partition coefficient (Wildman–Crippen LogP) is 0.536. The topological polar surface area (TPSA) is 122 Å². The predicted molar refractivity (Wildman–Crippen MR) is 73.4 cm³/mol. The second-order valence-electron chi connectivity index (χ2n) is 6.05. The van der Waals surface area contributed by atoms with Crippen molar-refractivity contribution in [3.05, 3.63) is 11.6 Å². The van der Waals surface area contributed by atoms with Gasteiger partial charge in [-0.05, 0) is 19.8 Å². The zero-order chi connectivity index (χ0) is 15.3. The molecule has 0 unspecified atom stereocenters. The summed E-state index contributed by atoms with van der Waals surface area (Å²) < 4.78 is 32.2. The zero-order valence-corrected chi connectivity index (χ0v) is 12.8. The molecule has 0 aromatic carbocycles. The minimum Gasteiger partial charge on any atom is -0.284 e. The van der Waals surface area contributed by atoms with E-state index in [1.807, 2.05) is 20.8 Å². The van der Waals surface area contributed by atoms with Gasteiger partial charge in [0.2, 0.25) is 5.95 Å². The highest BCUT2D eigenvalue weighted by atomic mass is 32.2. The van der Waals surface area contributed by atoms with Crippen molar-refractivity contribution >= 4 is 16.1 Å². The molecule has 112 valence electrons. The van der Waals surface area contributed by atoms with Gasteiger partial charge >= 0.3 is 0 Å². The van der Waals surface area contributed by atoms with E-state index in [0.29, 0.717) is 11.6 Å². The quantitative estimate of drug-likeness (QED) is 0.471. The van der Waals surface area contributed by atoms with Gasteiger partial charge in [0.05, 0.1) is 0 Å². The van der Waals surface area contributed by atoms with Crippen LogP contribution < -0.4 is 10.9 Å². The molecule has 0 spiro atoms. The molecule has 9 heteroatoms. The van der Waals surface area contributed by atoms with Crippen LogP contribution >= 0.6 is 0 Å². The second-order valence-corrected chi connectivity index (χ2v) is 7.76. The number of nitrogens with zero attached hydrogens (tertiary/aromatic N) is 4. The molecule has 8 nitrogen and oxygen atoms in total. The molecule has 20 heavy (non-hydrogen) atoms. The minimum absolute atomic E-state index is 0.0533. The maximum atomic E-state index is 11.5. The summed E-state index contributed by atoms with van der Waals surface area (Å²) in [6.07, 6.45) is 0.496. The first kappa shape index (κ1) is 15.1. The van der Waals surface area contributed by atoms with E-state index in [1.54, 1.807) is 6.92 Å². The highest BCUT2D eigenvalue weighted by molar-refractivity contribution is 7.87. The van der Waals surface area contributed by atoms with E-state index in [-0.39, 0.29) is 24.2 Å². The Morgan fingerprint density at radius 3 is 2.20 bits per heavy atom. The molecule has 1 aromatic rings. The number of nitrogens with two attached hydrogens (primary N) is 1. The first-order valence-corrected chi connectivity index (χ1v) is 7.66. The normalized spacial score (nSPS) is 17.9. The van der Waals surface area contributed by atoms with Crippen molar-refractivity contribution in [3.8, 4) is 0 Å². The zero-order valence-electron chi connectivity index (χ0n) is 12.0. The molecule has 1 aliphatic rings. The Kier molecular flexibility index (Phi) is 3.27. The molecule has 3 N–H and O–H groups in total. The van der Waals surface area contributed by atoms with Crippen molar-refractivity contribution in [2.45, 2.75) is 50.8 Å². The lowest BCUT2D eigenvalue weighted by atomic mass is 9.96. The molecule has 2 rings (SSSR count). The van der Waals surface area contributed by atoms with Crippen LogP contribution in [-0.4, -0.2) is 32.8 Å². The summed E-state index contributed by atoms with van der Waals surface area (Å²) in [5, 5.41) is 0.937.